The van der Waals surface area contributed by atoms with Crippen molar-refractivity contribution in [3.8, 4) is 16.9 Å². The van der Waals surface area contributed by atoms with Gasteiger partial charge in [-0.3, -0.25) is 9.59 Å². The first-order chi connectivity index (χ1) is 16.8. The number of pyridine rings is 1. The topological polar surface area (TPSA) is 119 Å². The smallest absolute Gasteiger partial charge is 0.315 e. The van der Waals surface area contributed by atoms with Crippen LogP contribution in [0.15, 0.2) is 41.1 Å². The van der Waals surface area contributed by atoms with E-state index in [1.54, 1.807) is 6.20 Å². The van der Waals surface area contributed by atoms with E-state index in [1.165, 1.54) is 0 Å². The Morgan fingerprint density at radius 1 is 1.06 bits per heavy atom. The van der Waals surface area contributed by atoms with Crippen molar-refractivity contribution in [1.29, 1.82) is 0 Å². The standard InChI is InChI=1S/C26H29N5O4/c1-26(2,3)25-30-24(35-31-25)23(33)28-19-5-4-12-34-20-13-16(8-9-18(19)20)17-10-11-27-21(14-17)29-22(32)15-6-7-15/h8-11,13-15,19H,4-7,12H2,1-3H3,(H,28,33)(H,27,29,32). The summed E-state index contributed by atoms with van der Waals surface area (Å²) in [4.78, 5) is 33.5. The number of benzene rings is 1. The molecule has 0 saturated heterocycles. The minimum Gasteiger partial charge on any atom is -0.493 e. The summed E-state index contributed by atoms with van der Waals surface area (Å²) in [6.07, 6.45) is 5.08. The van der Waals surface area contributed by atoms with Gasteiger partial charge >= 0.3 is 11.8 Å². The lowest BCUT2D eigenvalue weighted by molar-refractivity contribution is -0.117. The summed E-state index contributed by atoms with van der Waals surface area (Å²) < 4.78 is 11.2. The third kappa shape index (κ3) is 5.18. The molecule has 5 rings (SSSR count). The molecule has 35 heavy (non-hydrogen) atoms. The van der Waals surface area contributed by atoms with Crippen molar-refractivity contribution >= 4 is 17.6 Å². The van der Waals surface area contributed by atoms with E-state index >= 15 is 0 Å². The second-order valence-corrected chi connectivity index (χ2v) is 10.1. The molecule has 2 N–H and O–H groups in total. The number of hydrogen-bond acceptors (Lipinski definition) is 7. The molecule has 1 saturated carbocycles. The van der Waals surface area contributed by atoms with Crippen LogP contribution in [0.4, 0.5) is 5.82 Å². The van der Waals surface area contributed by atoms with Gasteiger partial charge in [-0.25, -0.2) is 4.98 Å². The van der Waals surface area contributed by atoms with Crippen molar-refractivity contribution in [2.24, 2.45) is 5.92 Å². The van der Waals surface area contributed by atoms with Crippen molar-refractivity contribution in [2.75, 3.05) is 11.9 Å². The van der Waals surface area contributed by atoms with Gasteiger partial charge in [0, 0.05) is 23.1 Å². The van der Waals surface area contributed by atoms with Gasteiger partial charge < -0.3 is 19.9 Å². The van der Waals surface area contributed by atoms with Crippen molar-refractivity contribution in [3.63, 3.8) is 0 Å². The average Bonchev–Trinajstić information content (AvgIpc) is 3.59. The van der Waals surface area contributed by atoms with Gasteiger partial charge in [-0.15, -0.1) is 0 Å². The molecule has 1 aliphatic heterocycles. The Labute approximate surface area is 203 Å². The molecule has 182 valence electrons. The largest absolute Gasteiger partial charge is 0.493 e. The summed E-state index contributed by atoms with van der Waals surface area (Å²) in [6.45, 7) is 6.44. The van der Waals surface area contributed by atoms with Crippen molar-refractivity contribution in [1.82, 2.24) is 20.4 Å². The Morgan fingerprint density at radius 3 is 2.60 bits per heavy atom. The molecule has 1 unspecified atom stereocenters. The lowest BCUT2D eigenvalue weighted by Gasteiger charge is -2.18. The molecule has 2 aromatic heterocycles. The zero-order chi connectivity index (χ0) is 24.6. The Hall–Kier alpha value is -3.75. The van der Waals surface area contributed by atoms with Crippen LogP contribution < -0.4 is 15.4 Å². The maximum Gasteiger partial charge on any atom is 0.315 e. The van der Waals surface area contributed by atoms with Crippen molar-refractivity contribution in [2.45, 2.75) is 57.9 Å². The third-order valence-corrected chi connectivity index (χ3v) is 6.17. The fourth-order valence-electron chi connectivity index (χ4n) is 3.99. The first kappa shape index (κ1) is 23.0. The van der Waals surface area contributed by atoms with Crippen LogP contribution in [0.5, 0.6) is 5.75 Å². The number of amides is 2. The molecule has 0 radical (unpaired) electrons. The fraction of sp³-hybridized carbons (Fsp3) is 0.423. The van der Waals surface area contributed by atoms with E-state index in [0.29, 0.717) is 24.0 Å². The molecule has 0 spiro atoms. The summed E-state index contributed by atoms with van der Waals surface area (Å²) >= 11 is 0. The van der Waals surface area contributed by atoms with E-state index in [1.807, 2.05) is 51.1 Å². The van der Waals surface area contributed by atoms with Crippen molar-refractivity contribution in [3.05, 3.63) is 53.8 Å². The number of nitrogens with one attached hydrogen (secondary N) is 2. The van der Waals surface area contributed by atoms with E-state index in [4.69, 9.17) is 9.26 Å². The van der Waals surface area contributed by atoms with E-state index < -0.39 is 5.91 Å². The number of anilines is 1. The van der Waals surface area contributed by atoms with E-state index in [2.05, 4.69) is 25.8 Å². The highest BCUT2D eigenvalue weighted by molar-refractivity contribution is 5.93. The summed E-state index contributed by atoms with van der Waals surface area (Å²) in [5.41, 5.74) is 2.44. The molecule has 2 aliphatic rings. The Balaban J connectivity index is 1.35. The molecular formula is C26H29N5O4. The molecule has 1 fully saturated rings. The van der Waals surface area contributed by atoms with Gasteiger partial charge in [0.25, 0.3) is 0 Å². The van der Waals surface area contributed by atoms with E-state index in [0.717, 1.165) is 42.4 Å². The second kappa shape index (κ2) is 9.13. The molecule has 0 bridgehead atoms. The Morgan fingerprint density at radius 2 is 1.86 bits per heavy atom. The molecule has 9 nitrogen and oxygen atoms in total. The number of fused-ring (bicyclic) bond motifs is 1. The number of hydrogen-bond donors (Lipinski definition) is 2. The van der Waals surface area contributed by atoms with Gasteiger partial charge in [-0.1, -0.05) is 38.1 Å². The summed E-state index contributed by atoms with van der Waals surface area (Å²) in [5.74, 6) is 1.43. The monoisotopic (exact) mass is 475 g/mol. The average molecular weight is 476 g/mol. The van der Waals surface area contributed by atoms with Crippen molar-refractivity contribution < 1.29 is 18.8 Å². The van der Waals surface area contributed by atoms with Gasteiger partial charge in [0.15, 0.2) is 5.82 Å². The van der Waals surface area contributed by atoms with Gasteiger partial charge in [0.05, 0.1) is 12.6 Å². The summed E-state index contributed by atoms with van der Waals surface area (Å²) in [7, 11) is 0. The maximum absolute atomic E-state index is 12.9. The summed E-state index contributed by atoms with van der Waals surface area (Å²) in [5, 5.41) is 9.87. The van der Waals surface area contributed by atoms with Gasteiger partial charge in [-0.05, 0) is 55.0 Å². The lowest BCUT2D eigenvalue weighted by atomic mass is 9.96. The highest BCUT2D eigenvalue weighted by atomic mass is 16.5. The zero-order valence-electron chi connectivity index (χ0n) is 20.1. The molecule has 3 aromatic rings. The van der Waals surface area contributed by atoms with Crippen LogP contribution in [-0.4, -0.2) is 33.5 Å². The number of rotatable bonds is 5. The van der Waals surface area contributed by atoms with E-state index in [9.17, 15) is 9.59 Å². The highest BCUT2D eigenvalue weighted by Crippen LogP contribution is 2.36. The third-order valence-electron chi connectivity index (χ3n) is 6.17. The number of nitrogens with zero attached hydrogens (tertiary/aromatic N) is 3. The van der Waals surface area contributed by atoms with E-state index in [-0.39, 0.29) is 29.2 Å². The minimum absolute atomic E-state index is 0.0226. The molecule has 1 atom stereocenters. The van der Waals surface area contributed by atoms with Crippen LogP contribution >= 0.6 is 0 Å². The van der Waals surface area contributed by atoms with Gasteiger partial charge in [-0.2, -0.15) is 4.98 Å². The lowest BCUT2D eigenvalue weighted by Crippen LogP contribution is -2.28. The number of ether oxygens (including phenoxy) is 1. The Kier molecular flexibility index (Phi) is 6.00. The van der Waals surface area contributed by atoms with Gasteiger partial charge in [0.1, 0.15) is 11.6 Å². The molecule has 1 aromatic carbocycles. The minimum atomic E-state index is -0.403. The molecular weight excluding hydrogens is 446 g/mol. The highest BCUT2D eigenvalue weighted by Gasteiger charge is 2.30. The normalized spacial score (nSPS) is 17.6. The number of aromatic nitrogens is 3. The number of carbonyl (C=O) groups is 2. The van der Waals surface area contributed by atoms with Crippen LogP contribution in [-0.2, 0) is 10.2 Å². The van der Waals surface area contributed by atoms with Crippen LogP contribution in [0.2, 0.25) is 0 Å². The van der Waals surface area contributed by atoms with Crippen LogP contribution in [0.3, 0.4) is 0 Å². The quantitative estimate of drug-likeness (QED) is 0.560. The van der Waals surface area contributed by atoms with Crippen LogP contribution in [0, 0.1) is 5.92 Å². The first-order valence-corrected chi connectivity index (χ1v) is 12.0. The van der Waals surface area contributed by atoms with Gasteiger partial charge in [0.2, 0.25) is 5.91 Å². The molecule has 2 amide bonds. The number of carbonyl (C=O) groups excluding carboxylic acids is 2. The fourth-order valence-corrected chi connectivity index (χ4v) is 3.99. The van der Waals surface area contributed by atoms with Crippen LogP contribution in [0.1, 0.15) is 74.6 Å². The van der Waals surface area contributed by atoms with Crippen LogP contribution in [0.25, 0.3) is 11.1 Å². The predicted octanol–water partition coefficient (Wildman–Crippen LogP) is 4.42. The summed E-state index contributed by atoms with van der Waals surface area (Å²) in [6, 6.07) is 9.43. The molecule has 9 heteroatoms. The zero-order valence-corrected chi connectivity index (χ0v) is 20.1. The predicted molar refractivity (Wildman–Crippen MR) is 129 cm³/mol. The second-order valence-electron chi connectivity index (χ2n) is 10.1. The molecule has 1 aliphatic carbocycles. The SMILES string of the molecule is CC(C)(C)c1noc(C(=O)NC2CCCOc3cc(-c4ccnc(NC(=O)C5CC5)c4)ccc32)n1. The maximum atomic E-state index is 12.9. The molecule has 3 heterocycles. The first-order valence-electron chi connectivity index (χ1n) is 12.0. The Bertz CT molecular complexity index is 1260.